The van der Waals surface area contributed by atoms with Crippen molar-refractivity contribution in [2.45, 2.75) is 13.0 Å². The van der Waals surface area contributed by atoms with Gasteiger partial charge in [0.2, 0.25) is 5.88 Å². The zero-order chi connectivity index (χ0) is 13.3. The van der Waals surface area contributed by atoms with Crippen LogP contribution in [0.2, 0.25) is 0 Å². The third-order valence-corrected chi connectivity index (χ3v) is 2.92. The summed E-state index contributed by atoms with van der Waals surface area (Å²) in [6.45, 7) is 1.80. The molecule has 0 saturated carbocycles. The molecule has 0 atom stereocenters. The average molecular weight is 274 g/mol. The van der Waals surface area contributed by atoms with Gasteiger partial charge in [-0.25, -0.2) is 4.98 Å². The van der Waals surface area contributed by atoms with Gasteiger partial charge in [0.05, 0.1) is 0 Å². The van der Waals surface area contributed by atoms with Crippen molar-refractivity contribution in [2.75, 3.05) is 12.3 Å². The summed E-state index contributed by atoms with van der Waals surface area (Å²) in [6, 6.07) is 13.6. The quantitative estimate of drug-likeness (QED) is 0.600. The second kappa shape index (κ2) is 7.81. The molecular formula is C15H18N2OS. The van der Waals surface area contributed by atoms with Crippen LogP contribution < -0.4 is 10.1 Å². The molecule has 0 fully saturated rings. The lowest BCUT2D eigenvalue weighted by Gasteiger charge is -2.06. The highest BCUT2D eigenvalue weighted by atomic mass is 32.1. The van der Waals surface area contributed by atoms with Crippen LogP contribution in [0.4, 0.5) is 0 Å². The van der Waals surface area contributed by atoms with E-state index in [2.05, 4.69) is 22.9 Å². The Hall–Kier alpha value is -1.52. The molecule has 0 saturated heterocycles. The lowest BCUT2D eigenvalue weighted by molar-refractivity contribution is 0.462. The molecule has 1 heterocycles. The second-order valence-corrected chi connectivity index (χ2v) is 4.62. The normalized spacial score (nSPS) is 10.4. The van der Waals surface area contributed by atoms with Gasteiger partial charge in [0, 0.05) is 18.8 Å². The molecule has 1 N–H and O–H groups in total. The Morgan fingerprint density at radius 2 is 1.95 bits per heavy atom. The van der Waals surface area contributed by atoms with Crippen LogP contribution in [0, 0.1) is 0 Å². The summed E-state index contributed by atoms with van der Waals surface area (Å²) in [5, 5.41) is 3.34. The number of ether oxygens (including phenoxy) is 1. The first-order valence-electron chi connectivity index (χ1n) is 6.38. The number of nitrogens with one attached hydrogen (secondary N) is 1. The largest absolute Gasteiger partial charge is 0.439 e. The smallest absolute Gasteiger partial charge is 0.219 e. The van der Waals surface area contributed by atoms with Crippen molar-refractivity contribution < 1.29 is 4.74 Å². The van der Waals surface area contributed by atoms with Crippen LogP contribution in [-0.2, 0) is 6.54 Å². The molecule has 0 radical (unpaired) electrons. The van der Waals surface area contributed by atoms with E-state index < -0.39 is 0 Å². The number of aromatic nitrogens is 1. The van der Waals surface area contributed by atoms with E-state index in [4.69, 9.17) is 4.74 Å². The molecule has 0 spiro atoms. The highest BCUT2D eigenvalue weighted by Crippen LogP contribution is 2.18. The predicted octanol–water partition coefficient (Wildman–Crippen LogP) is 3.28. The van der Waals surface area contributed by atoms with Crippen LogP contribution in [0.5, 0.6) is 11.6 Å². The standard InChI is InChI=1S/C15H18N2OS/c19-10-4-9-16-11-13-7-8-15(17-12-13)18-14-5-2-1-3-6-14/h1-3,5-8,12,16,19H,4,9-11H2. The van der Waals surface area contributed by atoms with Gasteiger partial charge in [-0.1, -0.05) is 24.3 Å². The van der Waals surface area contributed by atoms with Crippen LogP contribution >= 0.6 is 12.6 Å². The predicted molar refractivity (Wildman–Crippen MR) is 80.9 cm³/mol. The third kappa shape index (κ3) is 4.93. The summed E-state index contributed by atoms with van der Waals surface area (Å²) >= 11 is 4.17. The Kier molecular flexibility index (Phi) is 5.72. The van der Waals surface area contributed by atoms with Crippen LogP contribution in [0.25, 0.3) is 0 Å². The van der Waals surface area contributed by atoms with E-state index in [0.29, 0.717) is 5.88 Å². The van der Waals surface area contributed by atoms with Crippen molar-refractivity contribution in [1.82, 2.24) is 10.3 Å². The van der Waals surface area contributed by atoms with Crippen molar-refractivity contribution in [3.05, 3.63) is 54.2 Å². The van der Waals surface area contributed by atoms with Crippen LogP contribution in [-0.4, -0.2) is 17.3 Å². The fourth-order valence-electron chi connectivity index (χ4n) is 1.62. The van der Waals surface area contributed by atoms with Crippen molar-refractivity contribution in [3.8, 4) is 11.6 Å². The minimum atomic E-state index is 0.616. The molecule has 1 aromatic heterocycles. The van der Waals surface area contributed by atoms with Gasteiger partial charge in [0.1, 0.15) is 5.75 Å². The molecule has 0 unspecified atom stereocenters. The number of thiol groups is 1. The first-order chi connectivity index (χ1) is 9.38. The van der Waals surface area contributed by atoms with Gasteiger partial charge in [0.25, 0.3) is 0 Å². The molecule has 4 heteroatoms. The summed E-state index contributed by atoms with van der Waals surface area (Å²) in [7, 11) is 0. The lowest BCUT2D eigenvalue weighted by Crippen LogP contribution is -2.15. The fraction of sp³-hybridized carbons (Fsp3) is 0.267. The molecule has 0 aliphatic heterocycles. The van der Waals surface area contributed by atoms with E-state index in [0.717, 1.165) is 36.6 Å². The van der Waals surface area contributed by atoms with E-state index in [1.54, 1.807) is 0 Å². The van der Waals surface area contributed by atoms with E-state index in [1.807, 2.05) is 48.7 Å². The topological polar surface area (TPSA) is 34.1 Å². The van der Waals surface area contributed by atoms with Gasteiger partial charge in [-0.2, -0.15) is 12.6 Å². The van der Waals surface area contributed by atoms with Gasteiger partial charge in [-0.15, -0.1) is 0 Å². The molecular weight excluding hydrogens is 256 g/mol. The average Bonchev–Trinajstić information content (AvgIpc) is 2.46. The monoisotopic (exact) mass is 274 g/mol. The minimum absolute atomic E-state index is 0.616. The minimum Gasteiger partial charge on any atom is -0.439 e. The first kappa shape index (κ1) is 13.9. The Morgan fingerprint density at radius 3 is 2.63 bits per heavy atom. The Balaban J connectivity index is 1.84. The number of benzene rings is 1. The number of hydrogen-bond acceptors (Lipinski definition) is 4. The number of hydrogen-bond donors (Lipinski definition) is 2. The molecule has 1 aromatic carbocycles. The summed E-state index contributed by atoms with van der Waals surface area (Å²) in [5.74, 6) is 2.33. The first-order valence-corrected chi connectivity index (χ1v) is 7.01. The van der Waals surface area contributed by atoms with Gasteiger partial charge >= 0.3 is 0 Å². The van der Waals surface area contributed by atoms with Gasteiger partial charge in [-0.3, -0.25) is 0 Å². The summed E-state index contributed by atoms with van der Waals surface area (Å²) in [4.78, 5) is 4.30. The molecule has 0 bridgehead atoms. The molecule has 2 aromatic rings. The zero-order valence-corrected chi connectivity index (χ0v) is 11.6. The van der Waals surface area contributed by atoms with E-state index in [9.17, 15) is 0 Å². The number of nitrogens with zero attached hydrogens (tertiary/aromatic N) is 1. The van der Waals surface area contributed by atoms with E-state index in [-0.39, 0.29) is 0 Å². The molecule has 2 rings (SSSR count). The molecule has 19 heavy (non-hydrogen) atoms. The van der Waals surface area contributed by atoms with Crippen molar-refractivity contribution >= 4 is 12.6 Å². The van der Waals surface area contributed by atoms with Crippen LogP contribution in [0.15, 0.2) is 48.7 Å². The lowest BCUT2D eigenvalue weighted by atomic mass is 10.3. The highest BCUT2D eigenvalue weighted by molar-refractivity contribution is 7.80. The molecule has 3 nitrogen and oxygen atoms in total. The van der Waals surface area contributed by atoms with Crippen molar-refractivity contribution in [1.29, 1.82) is 0 Å². The Morgan fingerprint density at radius 1 is 1.11 bits per heavy atom. The van der Waals surface area contributed by atoms with Crippen LogP contribution in [0.1, 0.15) is 12.0 Å². The number of pyridine rings is 1. The van der Waals surface area contributed by atoms with Gasteiger partial charge in [-0.05, 0) is 36.4 Å². The molecule has 100 valence electrons. The molecule has 0 aliphatic rings. The Labute approximate surface area is 119 Å². The summed E-state index contributed by atoms with van der Waals surface area (Å²) in [6.07, 6.45) is 2.91. The highest BCUT2D eigenvalue weighted by Gasteiger charge is 1.98. The zero-order valence-electron chi connectivity index (χ0n) is 10.7. The maximum atomic E-state index is 5.63. The Bertz CT molecular complexity index is 473. The summed E-state index contributed by atoms with van der Waals surface area (Å²) in [5.41, 5.74) is 1.15. The summed E-state index contributed by atoms with van der Waals surface area (Å²) < 4.78 is 5.63. The van der Waals surface area contributed by atoms with Gasteiger partial charge < -0.3 is 10.1 Å². The molecule has 0 aliphatic carbocycles. The van der Waals surface area contributed by atoms with Crippen molar-refractivity contribution in [3.63, 3.8) is 0 Å². The van der Waals surface area contributed by atoms with Crippen molar-refractivity contribution in [2.24, 2.45) is 0 Å². The third-order valence-electron chi connectivity index (χ3n) is 2.60. The van der Waals surface area contributed by atoms with Gasteiger partial charge in [0.15, 0.2) is 0 Å². The second-order valence-electron chi connectivity index (χ2n) is 4.17. The SMILES string of the molecule is SCCCNCc1ccc(Oc2ccccc2)nc1. The molecule has 0 amide bonds. The number of para-hydroxylation sites is 1. The maximum absolute atomic E-state index is 5.63. The number of rotatable bonds is 7. The van der Waals surface area contributed by atoms with Crippen LogP contribution in [0.3, 0.4) is 0 Å². The maximum Gasteiger partial charge on any atom is 0.219 e. The van der Waals surface area contributed by atoms with E-state index in [1.165, 1.54) is 0 Å². The fourth-order valence-corrected chi connectivity index (χ4v) is 1.78. The van der Waals surface area contributed by atoms with E-state index >= 15 is 0 Å².